The molecule has 0 unspecified atom stereocenters. The predicted molar refractivity (Wildman–Crippen MR) is 129 cm³/mol. The second-order valence-electron chi connectivity index (χ2n) is 9.16. The number of benzene rings is 3. The third-order valence-corrected chi connectivity index (χ3v) is 7.16. The van der Waals surface area contributed by atoms with Crippen molar-refractivity contribution in [3.63, 3.8) is 0 Å². The molecule has 0 aromatic heterocycles. The van der Waals surface area contributed by atoms with Crippen LogP contribution in [-0.2, 0) is 9.63 Å². The van der Waals surface area contributed by atoms with Crippen LogP contribution in [-0.4, -0.2) is 42.3 Å². The molecule has 3 heterocycles. The minimum atomic E-state index is -0.358. The van der Waals surface area contributed by atoms with Gasteiger partial charge in [0, 0.05) is 49.0 Å². The van der Waals surface area contributed by atoms with Crippen LogP contribution in [0.4, 0.5) is 0 Å². The average molecular weight is 455 g/mol. The van der Waals surface area contributed by atoms with Crippen molar-refractivity contribution in [2.75, 3.05) is 20.2 Å². The van der Waals surface area contributed by atoms with Crippen molar-refractivity contribution >= 4 is 11.6 Å². The van der Waals surface area contributed by atoms with Crippen LogP contribution in [0.15, 0.2) is 78.0 Å². The molecular formula is C28H26N2O4. The van der Waals surface area contributed by atoms with Gasteiger partial charge in [0.15, 0.2) is 0 Å². The third kappa shape index (κ3) is 3.50. The van der Waals surface area contributed by atoms with Gasteiger partial charge < -0.3 is 19.2 Å². The molecule has 3 aliphatic heterocycles. The minimum Gasteiger partial charge on any atom is -0.497 e. The smallest absolute Gasteiger partial charge is 0.234 e. The van der Waals surface area contributed by atoms with Crippen LogP contribution < -0.4 is 9.47 Å². The Morgan fingerprint density at radius 2 is 1.65 bits per heavy atom. The van der Waals surface area contributed by atoms with E-state index >= 15 is 0 Å². The van der Waals surface area contributed by atoms with E-state index in [1.54, 1.807) is 7.11 Å². The lowest BCUT2D eigenvalue weighted by Crippen LogP contribution is -2.48. The molecule has 0 aliphatic carbocycles. The summed E-state index contributed by atoms with van der Waals surface area (Å²) in [6, 6.07) is 23.6. The van der Waals surface area contributed by atoms with Gasteiger partial charge in [0.25, 0.3) is 0 Å². The topological polar surface area (TPSA) is 60.4 Å². The fraction of sp³-hybridized carbons (Fsp3) is 0.286. The first-order chi connectivity index (χ1) is 16.7. The largest absolute Gasteiger partial charge is 0.497 e. The zero-order chi connectivity index (χ0) is 23.1. The number of methoxy groups -OCH3 is 1. The lowest BCUT2D eigenvalue weighted by molar-refractivity contribution is -0.137. The molecule has 6 rings (SSSR count). The van der Waals surface area contributed by atoms with Gasteiger partial charge in [0.2, 0.25) is 5.91 Å². The number of hydrogen-bond acceptors (Lipinski definition) is 5. The standard InChI is InChI=1S/C28H26N2O4/c1-32-20-8-6-7-19(17-20)23-18-28(34-29-23)13-15-30(16-14-28)27(31)26-21-9-2-4-11-24(21)33-25-12-5-3-10-22(25)26/h2-12,17,26H,13-16,18H2,1H3. The lowest BCUT2D eigenvalue weighted by atomic mass is 9.83. The summed E-state index contributed by atoms with van der Waals surface area (Å²) in [5.74, 6) is 2.07. The first-order valence-corrected chi connectivity index (χ1v) is 11.7. The van der Waals surface area contributed by atoms with Gasteiger partial charge in [-0.2, -0.15) is 0 Å². The number of rotatable bonds is 3. The van der Waals surface area contributed by atoms with Crippen LogP contribution in [0.1, 0.15) is 41.9 Å². The number of ether oxygens (including phenoxy) is 2. The van der Waals surface area contributed by atoms with Crippen molar-refractivity contribution in [2.24, 2.45) is 5.16 Å². The summed E-state index contributed by atoms with van der Waals surface area (Å²) in [5.41, 5.74) is 3.45. The summed E-state index contributed by atoms with van der Waals surface area (Å²) in [4.78, 5) is 21.8. The van der Waals surface area contributed by atoms with Crippen molar-refractivity contribution in [3.05, 3.63) is 89.5 Å². The van der Waals surface area contributed by atoms with Crippen molar-refractivity contribution in [1.82, 2.24) is 4.90 Å². The molecular weight excluding hydrogens is 428 g/mol. The Kier molecular flexibility index (Phi) is 5.01. The van der Waals surface area contributed by atoms with Crippen LogP contribution in [0.3, 0.4) is 0 Å². The molecule has 3 aromatic rings. The Morgan fingerprint density at radius 3 is 2.32 bits per heavy atom. The minimum absolute atomic E-state index is 0.116. The third-order valence-electron chi connectivity index (χ3n) is 7.16. The maximum atomic E-state index is 13.8. The van der Waals surface area contributed by atoms with E-state index in [1.807, 2.05) is 77.7 Å². The molecule has 1 saturated heterocycles. The molecule has 34 heavy (non-hydrogen) atoms. The maximum Gasteiger partial charge on any atom is 0.234 e. The molecule has 0 radical (unpaired) electrons. The van der Waals surface area contributed by atoms with E-state index in [9.17, 15) is 4.79 Å². The van der Waals surface area contributed by atoms with E-state index < -0.39 is 0 Å². The molecule has 3 aromatic carbocycles. The number of carbonyl (C=O) groups is 1. The zero-order valence-corrected chi connectivity index (χ0v) is 19.1. The van der Waals surface area contributed by atoms with Gasteiger partial charge in [0.05, 0.1) is 18.7 Å². The molecule has 172 valence electrons. The van der Waals surface area contributed by atoms with Gasteiger partial charge >= 0.3 is 0 Å². The van der Waals surface area contributed by atoms with Crippen LogP contribution in [0.5, 0.6) is 17.2 Å². The average Bonchev–Trinajstić information content (AvgIpc) is 3.30. The number of piperidine rings is 1. The summed E-state index contributed by atoms with van der Waals surface area (Å²) in [5, 5.41) is 4.42. The summed E-state index contributed by atoms with van der Waals surface area (Å²) in [6.07, 6.45) is 2.25. The number of nitrogens with zero attached hydrogens (tertiary/aromatic N) is 2. The molecule has 0 saturated carbocycles. The molecule has 1 amide bonds. The van der Waals surface area contributed by atoms with E-state index in [2.05, 4.69) is 5.16 Å². The zero-order valence-electron chi connectivity index (χ0n) is 19.1. The normalized spacial score (nSPS) is 18.4. The van der Waals surface area contributed by atoms with Gasteiger partial charge in [0.1, 0.15) is 22.8 Å². The van der Waals surface area contributed by atoms with Crippen LogP contribution >= 0.6 is 0 Å². The lowest BCUT2D eigenvalue weighted by Gasteiger charge is -2.39. The maximum absolute atomic E-state index is 13.8. The number of amides is 1. The van der Waals surface area contributed by atoms with Crippen LogP contribution in [0.25, 0.3) is 0 Å². The summed E-state index contributed by atoms with van der Waals surface area (Å²) >= 11 is 0. The highest BCUT2D eigenvalue weighted by Crippen LogP contribution is 2.45. The van der Waals surface area contributed by atoms with E-state index in [1.165, 1.54) is 0 Å². The number of hydrogen-bond donors (Lipinski definition) is 0. The highest BCUT2D eigenvalue weighted by atomic mass is 16.7. The predicted octanol–water partition coefficient (Wildman–Crippen LogP) is 5.12. The second kappa shape index (κ2) is 8.20. The second-order valence-corrected chi connectivity index (χ2v) is 9.16. The van der Waals surface area contributed by atoms with Gasteiger partial charge in [-0.15, -0.1) is 0 Å². The van der Waals surface area contributed by atoms with E-state index in [4.69, 9.17) is 14.3 Å². The highest BCUT2D eigenvalue weighted by molar-refractivity contribution is 6.02. The first kappa shape index (κ1) is 20.8. The van der Waals surface area contributed by atoms with Gasteiger partial charge in [-0.1, -0.05) is 53.7 Å². The molecule has 3 aliphatic rings. The molecule has 0 bridgehead atoms. The molecule has 6 nitrogen and oxygen atoms in total. The number of oxime groups is 1. The Labute approximate surface area is 198 Å². The Morgan fingerprint density at radius 1 is 0.971 bits per heavy atom. The molecule has 1 fully saturated rings. The van der Waals surface area contributed by atoms with Crippen molar-refractivity contribution in [2.45, 2.75) is 30.8 Å². The fourth-order valence-corrected chi connectivity index (χ4v) is 5.24. The molecule has 0 N–H and O–H groups in total. The van der Waals surface area contributed by atoms with Crippen molar-refractivity contribution in [1.29, 1.82) is 0 Å². The number of likely N-dealkylation sites (tertiary alicyclic amines) is 1. The Bertz CT molecular complexity index is 1230. The van der Waals surface area contributed by atoms with E-state index in [0.29, 0.717) is 13.1 Å². The summed E-state index contributed by atoms with van der Waals surface area (Å²) in [7, 11) is 1.66. The van der Waals surface area contributed by atoms with Gasteiger partial charge in [-0.3, -0.25) is 4.79 Å². The monoisotopic (exact) mass is 454 g/mol. The highest BCUT2D eigenvalue weighted by Gasteiger charge is 2.45. The van der Waals surface area contributed by atoms with Gasteiger partial charge in [-0.25, -0.2) is 0 Å². The first-order valence-electron chi connectivity index (χ1n) is 11.7. The number of fused-ring (bicyclic) bond motifs is 2. The number of carbonyl (C=O) groups excluding carboxylic acids is 1. The number of para-hydroxylation sites is 2. The molecule has 1 spiro atoms. The summed E-state index contributed by atoms with van der Waals surface area (Å²) < 4.78 is 11.4. The quantitative estimate of drug-likeness (QED) is 0.551. The van der Waals surface area contributed by atoms with Gasteiger partial charge in [-0.05, 0) is 24.3 Å². The van der Waals surface area contributed by atoms with Crippen LogP contribution in [0.2, 0.25) is 0 Å². The molecule has 6 heteroatoms. The Hall–Kier alpha value is -3.80. The van der Waals surface area contributed by atoms with E-state index in [0.717, 1.165) is 58.9 Å². The SMILES string of the molecule is COc1cccc(C2=NOC3(CCN(C(=O)C4c5ccccc5Oc5ccccc54)CC3)C2)c1. The molecule has 0 atom stereocenters. The van der Waals surface area contributed by atoms with E-state index in [-0.39, 0.29) is 17.4 Å². The van der Waals surface area contributed by atoms with Crippen molar-refractivity contribution < 1.29 is 19.1 Å². The fourth-order valence-electron chi connectivity index (χ4n) is 5.24. The van der Waals surface area contributed by atoms with Crippen LogP contribution in [0, 0.1) is 0 Å². The summed E-state index contributed by atoms with van der Waals surface area (Å²) in [6.45, 7) is 1.28. The Balaban J connectivity index is 1.19. The van der Waals surface area contributed by atoms with Crippen molar-refractivity contribution in [3.8, 4) is 17.2 Å².